The summed E-state index contributed by atoms with van der Waals surface area (Å²) in [5.41, 5.74) is 0.667. The Kier molecular flexibility index (Phi) is 4.87. The van der Waals surface area contributed by atoms with E-state index in [1.807, 2.05) is 30.3 Å². The fourth-order valence-corrected chi connectivity index (χ4v) is 2.64. The highest BCUT2D eigenvalue weighted by Gasteiger charge is 2.40. The standard InChI is InChI=1S/C15H20N4O4/c20-8-13-15(22)14(21)12(16-13)7-19-6-10(17-18-19)9-23-11-4-2-1-3-5-11/h1-6,12-16,20-22H,7-9H2/t12-,13-,14-,15-/m1/s1. The van der Waals surface area contributed by atoms with Crippen molar-refractivity contribution in [3.05, 3.63) is 42.2 Å². The first-order valence-corrected chi connectivity index (χ1v) is 7.47. The molecule has 23 heavy (non-hydrogen) atoms. The first kappa shape index (κ1) is 15.9. The smallest absolute Gasteiger partial charge is 0.134 e. The third-order valence-electron chi connectivity index (χ3n) is 3.90. The zero-order chi connectivity index (χ0) is 16.2. The number of nitrogens with one attached hydrogen (secondary N) is 1. The molecule has 0 spiro atoms. The first-order chi connectivity index (χ1) is 11.2. The average molecular weight is 320 g/mol. The van der Waals surface area contributed by atoms with Gasteiger partial charge in [0.05, 0.1) is 43.6 Å². The zero-order valence-electron chi connectivity index (χ0n) is 12.5. The van der Waals surface area contributed by atoms with Gasteiger partial charge in [-0.25, -0.2) is 0 Å². The number of hydrogen-bond acceptors (Lipinski definition) is 7. The summed E-state index contributed by atoms with van der Waals surface area (Å²) in [6.07, 6.45) is -0.217. The van der Waals surface area contributed by atoms with Gasteiger partial charge in [-0.2, -0.15) is 0 Å². The number of aromatic nitrogens is 3. The van der Waals surface area contributed by atoms with E-state index in [4.69, 9.17) is 9.84 Å². The molecule has 8 heteroatoms. The van der Waals surface area contributed by atoms with Crippen LogP contribution >= 0.6 is 0 Å². The number of aliphatic hydroxyl groups is 3. The van der Waals surface area contributed by atoms with Crippen LogP contribution in [0.5, 0.6) is 5.75 Å². The van der Waals surface area contributed by atoms with E-state index in [1.54, 1.807) is 10.9 Å². The van der Waals surface area contributed by atoms with Crippen LogP contribution in [0.15, 0.2) is 36.5 Å². The number of nitrogens with zero attached hydrogens (tertiary/aromatic N) is 3. The third kappa shape index (κ3) is 3.67. The zero-order valence-corrected chi connectivity index (χ0v) is 12.5. The van der Waals surface area contributed by atoms with E-state index in [0.717, 1.165) is 5.75 Å². The molecule has 8 nitrogen and oxygen atoms in total. The molecular formula is C15H20N4O4. The van der Waals surface area contributed by atoms with Crippen molar-refractivity contribution in [1.82, 2.24) is 20.3 Å². The van der Waals surface area contributed by atoms with Crippen LogP contribution in [0.3, 0.4) is 0 Å². The van der Waals surface area contributed by atoms with Crippen molar-refractivity contribution in [1.29, 1.82) is 0 Å². The summed E-state index contributed by atoms with van der Waals surface area (Å²) in [6, 6.07) is 8.49. The average Bonchev–Trinajstić information content (AvgIpc) is 3.14. The van der Waals surface area contributed by atoms with Gasteiger partial charge >= 0.3 is 0 Å². The molecule has 3 rings (SSSR count). The molecule has 1 fully saturated rings. The Morgan fingerprint density at radius 1 is 1.13 bits per heavy atom. The molecule has 1 saturated heterocycles. The van der Waals surface area contributed by atoms with Crippen LogP contribution in [-0.2, 0) is 13.2 Å². The summed E-state index contributed by atoms with van der Waals surface area (Å²) in [6.45, 7) is 0.405. The van der Waals surface area contributed by atoms with Gasteiger partial charge < -0.3 is 25.4 Å². The van der Waals surface area contributed by atoms with E-state index < -0.39 is 24.3 Å². The lowest BCUT2D eigenvalue weighted by Gasteiger charge is -2.15. The topological polar surface area (TPSA) is 113 Å². The van der Waals surface area contributed by atoms with Crippen LogP contribution in [0.2, 0.25) is 0 Å². The molecule has 0 saturated carbocycles. The third-order valence-corrected chi connectivity index (χ3v) is 3.90. The second kappa shape index (κ2) is 7.05. The number of hydrogen-bond donors (Lipinski definition) is 4. The quantitative estimate of drug-likeness (QED) is 0.535. The molecule has 1 aromatic heterocycles. The number of benzene rings is 1. The van der Waals surface area contributed by atoms with Gasteiger partial charge in [-0.1, -0.05) is 23.4 Å². The van der Waals surface area contributed by atoms with Gasteiger partial charge in [0.15, 0.2) is 0 Å². The van der Waals surface area contributed by atoms with Crippen LogP contribution in [-0.4, -0.2) is 61.2 Å². The van der Waals surface area contributed by atoms with Crippen molar-refractivity contribution in [2.45, 2.75) is 37.4 Å². The lowest BCUT2D eigenvalue weighted by Crippen LogP contribution is -2.38. The highest BCUT2D eigenvalue weighted by Crippen LogP contribution is 2.16. The summed E-state index contributed by atoms with van der Waals surface area (Å²) in [4.78, 5) is 0. The molecule has 4 atom stereocenters. The molecule has 124 valence electrons. The fraction of sp³-hybridized carbons (Fsp3) is 0.467. The maximum absolute atomic E-state index is 9.97. The van der Waals surface area contributed by atoms with Gasteiger partial charge in [0.1, 0.15) is 18.1 Å². The molecule has 2 heterocycles. The molecule has 0 radical (unpaired) electrons. The van der Waals surface area contributed by atoms with Gasteiger partial charge in [0, 0.05) is 0 Å². The van der Waals surface area contributed by atoms with Gasteiger partial charge in [0.2, 0.25) is 0 Å². The summed E-state index contributed by atoms with van der Waals surface area (Å²) < 4.78 is 7.17. The molecule has 1 aliphatic rings. The van der Waals surface area contributed by atoms with Gasteiger partial charge in [-0.15, -0.1) is 5.10 Å². The van der Waals surface area contributed by atoms with Crippen molar-refractivity contribution in [2.24, 2.45) is 0 Å². The minimum atomic E-state index is -0.991. The van der Waals surface area contributed by atoms with Crippen molar-refractivity contribution < 1.29 is 20.1 Å². The second-order valence-electron chi connectivity index (χ2n) is 5.58. The van der Waals surface area contributed by atoms with Gasteiger partial charge in [0.25, 0.3) is 0 Å². The van der Waals surface area contributed by atoms with Crippen molar-refractivity contribution in [2.75, 3.05) is 6.61 Å². The van der Waals surface area contributed by atoms with Crippen LogP contribution in [0.1, 0.15) is 5.69 Å². The van der Waals surface area contributed by atoms with E-state index in [2.05, 4.69) is 15.6 Å². The van der Waals surface area contributed by atoms with E-state index in [0.29, 0.717) is 18.8 Å². The number of para-hydroxylation sites is 1. The Bertz CT molecular complexity index is 621. The lowest BCUT2D eigenvalue weighted by molar-refractivity contribution is 0.0175. The molecule has 0 aliphatic carbocycles. The monoisotopic (exact) mass is 320 g/mol. The predicted octanol–water partition coefficient (Wildman–Crippen LogP) is -1.09. The highest BCUT2D eigenvalue weighted by molar-refractivity contribution is 5.21. The molecule has 0 bridgehead atoms. The van der Waals surface area contributed by atoms with Gasteiger partial charge in [-0.05, 0) is 12.1 Å². The Hall–Kier alpha value is -2.00. The summed E-state index contributed by atoms with van der Waals surface area (Å²) in [5, 5.41) is 39.9. The summed E-state index contributed by atoms with van der Waals surface area (Å²) in [7, 11) is 0. The number of ether oxygens (including phenoxy) is 1. The van der Waals surface area contributed by atoms with Crippen LogP contribution in [0.4, 0.5) is 0 Å². The Balaban J connectivity index is 1.55. The highest BCUT2D eigenvalue weighted by atomic mass is 16.5. The largest absolute Gasteiger partial charge is 0.487 e. The van der Waals surface area contributed by atoms with Crippen molar-refractivity contribution in [3.63, 3.8) is 0 Å². The van der Waals surface area contributed by atoms with E-state index in [1.165, 1.54) is 0 Å². The summed E-state index contributed by atoms with van der Waals surface area (Å²) >= 11 is 0. The van der Waals surface area contributed by atoms with Crippen molar-refractivity contribution in [3.8, 4) is 5.75 Å². The molecular weight excluding hydrogens is 300 g/mol. The normalized spacial score (nSPS) is 27.3. The van der Waals surface area contributed by atoms with E-state index in [-0.39, 0.29) is 6.61 Å². The Labute approximate surface area is 133 Å². The Morgan fingerprint density at radius 3 is 2.57 bits per heavy atom. The van der Waals surface area contributed by atoms with E-state index >= 15 is 0 Å². The minimum absolute atomic E-state index is 0.234. The molecule has 1 aromatic carbocycles. The fourth-order valence-electron chi connectivity index (χ4n) is 2.64. The van der Waals surface area contributed by atoms with E-state index in [9.17, 15) is 10.2 Å². The maximum atomic E-state index is 9.97. The molecule has 0 amide bonds. The lowest BCUT2D eigenvalue weighted by atomic mass is 10.1. The molecule has 1 aliphatic heterocycles. The van der Waals surface area contributed by atoms with Crippen molar-refractivity contribution >= 4 is 0 Å². The van der Waals surface area contributed by atoms with Crippen LogP contribution < -0.4 is 10.1 Å². The number of aliphatic hydroxyl groups excluding tert-OH is 3. The summed E-state index contributed by atoms with van der Waals surface area (Å²) in [5.74, 6) is 0.754. The molecule has 0 unspecified atom stereocenters. The molecule has 2 aromatic rings. The first-order valence-electron chi connectivity index (χ1n) is 7.47. The molecule has 4 N–H and O–H groups in total. The number of rotatable bonds is 6. The van der Waals surface area contributed by atoms with Crippen LogP contribution in [0.25, 0.3) is 0 Å². The second-order valence-corrected chi connectivity index (χ2v) is 5.58. The minimum Gasteiger partial charge on any atom is -0.487 e. The van der Waals surface area contributed by atoms with Crippen LogP contribution in [0, 0.1) is 0 Å². The maximum Gasteiger partial charge on any atom is 0.134 e. The predicted molar refractivity (Wildman–Crippen MR) is 80.6 cm³/mol. The SMILES string of the molecule is OC[C@H]1N[C@H](Cn2cc(COc3ccccc3)nn2)[C@@H](O)[C@@H]1O. The Morgan fingerprint density at radius 2 is 1.87 bits per heavy atom. The van der Waals surface area contributed by atoms with Gasteiger partial charge in [-0.3, -0.25) is 4.68 Å².